The first-order valence-electron chi connectivity index (χ1n) is 7.80. The van der Waals surface area contributed by atoms with Crippen molar-refractivity contribution >= 4 is 23.2 Å². The van der Waals surface area contributed by atoms with E-state index >= 15 is 0 Å². The second-order valence-corrected chi connectivity index (χ2v) is 6.34. The van der Waals surface area contributed by atoms with E-state index in [2.05, 4.69) is 19.2 Å². The number of halogens is 1. The van der Waals surface area contributed by atoms with Crippen molar-refractivity contribution < 1.29 is 9.21 Å². The van der Waals surface area contributed by atoms with Crippen LogP contribution in [0, 0.1) is 0 Å². The highest BCUT2D eigenvalue weighted by molar-refractivity contribution is 6.30. The number of carbonyl (C=O) groups is 1. The van der Waals surface area contributed by atoms with Crippen LogP contribution in [0.5, 0.6) is 0 Å². The molecule has 2 aromatic carbocycles. The van der Waals surface area contributed by atoms with Crippen LogP contribution < -0.4 is 5.32 Å². The minimum absolute atomic E-state index is 0.271. The maximum absolute atomic E-state index is 12.3. The van der Waals surface area contributed by atoms with Crippen LogP contribution in [0.15, 0.2) is 65.1 Å². The Hall–Kier alpha value is -2.52. The largest absolute Gasteiger partial charge is 0.451 e. The normalized spacial score (nSPS) is 10.8. The van der Waals surface area contributed by atoms with Crippen molar-refractivity contribution in [2.75, 3.05) is 5.32 Å². The molecule has 1 N–H and O–H groups in total. The second kappa shape index (κ2) is 6.93. The third-order valence-electron chi connectivity index (χ3n) is 3.79. The molecule has 1 aromatic heterocycles. The lowest BCUT2D eigenvalue weighted by Crippen LogP contribution is -2.10. The SMILES string of the molecule is CC(C)c1ccc(NC(=O)c2ccc(-c3ccc(Cl)cc3)o2)cc1. The van der Waals surface area contributed by atoms with Crippen LogP contribution in [0.4, 0.5) is 5.69 Å². The molecule has 3 aromatic rings. The van der Waals surface area contributed by atoms with Gasteiger partial charge >= 0.3 is 0 Å². The molecule has 0 radical (unpaired) electrons. The van der Waals surface area contributed by atoms with Gasteiger partial charge in [-0.3, -0.25) is 4.79 Å². The van der Waals surface area contributed by atoms with Crippen LogP contribution in [0.3, 0.4) is 0 Å². The van der Waals surface area contributed by atoms with E-state index in [1.807, 2.05) is 36.4 Å². The monoisotopic (exact) mass is 339 g/mol. The van der Waals surface area contributed by atoms with Crippen molar-refractivity contribution in [2.45, 2.75) is 19.8 Å². The minimum Gasteiger partial charge on any atom is -0.451 e. The van der Waals surface area contributed by atoms with E-state index in [9.17, 15) is 4.79 Å². The molecule has 0 bridgehead atoms. The van der Waals surface area contributed by atoms with Crippen molar-refractivity contribution in [1.29, 1.82) is 0 Å². The number of benzene rings is 2. The van der Waals surface area contributed by atoms with E-state index in [-0.39, 0.29) is 11.7 Å². The van der Waals surface area contributed by atoms with Crippen molar-refractivity contribution in [3.63, 3.8) is 0 Å². The second-order valence-electron chi connectivity index (χ2n) is 5.90. The average molecular weight is 340 g/mol. The first kappa shape index (κ1) is 16.3. The van der Waals surface area contributed by atoms with Gasteiger partial charge in [0.1, 0.15) is 5.76 Å². The van der Waals surface area contributed by atoms with Crippen molar-refractivity contribution in [3.8, 4) is 11.3 Å². The quantitative estimate of drug-likeness (QED) is 0.635. The number of hydrogen-bond acceptors (Lipinski definition) is 2. The Labute approximate surface area is 146 Å². The summed E-state index contributed by atoms with van der Waals surface area (Å²) in [4.78, 5) is 12.3. The van der Waals surface area contributed by atoms with E-state index in [0.29, 0.717) is 16.7 Å². The van der Waals surface area contributed by atoms with Gasteiger partial charge in [0.25, 0.3) is 5.91 Å². The fourth-order valence-electron chi connectivity index (χ4n) is 2.37. The third kappa shape index (κ3) is 3.69. The van der Waals surface area contributed by atoms with Gasteiger partial charge in [-0.05, 0) is 60.0 Å². The Morgan fingerprint density at radius 2 is 1.62 bits per heavy atom. The fourth-order valence-corrected chi connectivity index (χ4v) is 2.50. The minimum atomic E-state index is -0.271. The predicted molar refractivity (Wildman–Crippen MR) is 97.6 cm³/mol. The van der Waals surface area contributed by atoms with Gasteiger partial charge in [-0.1, -0.05) is 37.6 Å². The number of anilines is 1. The lowest BCUT2D eigenvalue weighted by molar-refractivity contribution is 0.0997. The van der Waals surface area contributed by atoms with Gasteiger partial charge in [0.15, 0.2) is 5.76 Å². The Morgan fingerprint density at radius 3 is 2.25 bits per heavy atom. The molecule has 0 saturated heterocycles. The highest BCUT2D eigenvalue weighted by atomic mass is 35.5. The van der Waals surface area contributed by atoms with Gasteiger partial charge in [0, 0.05) is 16.3 Å². The van der Waals surface area contributed by atoms with E-state index < -0.39 is 0 Å². The average Bonchev–Trinajstić information content (AvgIpc) is 3.06. The molecule has 0 spiro atoms. The van der Waals surface area contributed by atoms with Crippen LogP contribution in [0.1, 0.15) is 35.9 Å². The molecule has 0 aliphatic heterocycles. The predicted octanol–water partition coefficient (Wildman–Crippen LogP) is 5.98. The molecule has 24 heavy (non-hydrogen) atoms. The summed E-state index contributed by atoms with van der Waals surface area (Å²) in [5, 5.41) is 3.50. The first-order chi connectivity index (χ1) is 11.5. The maximum Gasteiger partial charge on any atom is 0.291 e. The van der Waals surface area contributed by atoms with Gasteiger partial charge in [0.05, 0.1) is 0 Å². The summed E-state index contributed by atoms with van der Waals surface area (Å²) < 4.78 is 5.65. The molecule has 0 aliphatic carbocycles. The first-order valence-corrected chi connectivity index (χ1v) is 8.18. The Kier molecular flexibility index (Phi) is 4.72. The van der Waals surface area contributed by atoms with Crippen LogP contribution in [-0.4, -0.2) is 5.91 Å². The zero-order valence-electron chi connectivity index (χ0n) is 13.5. The molecular weight excluding hydrogens is 322 g/mol. The van der Waals surface area contributed by atoms with Crippen LogP contribution in [0.2, 0.25) is 5.02 Å². The number of amides is 1. The smallest absolute Gasteiger partial charge is 0.291 e. The van der Waals surface area contributed by atoms with Gasteiger partial charge in [-0.25, -0.2) is 0 Å². The molecular formula is C20H18ClNO2. The molecule has 1 amide bonds. The highest BCUT2D eigenvalue weighted by Crippen LogP contribution is 2.24. The molecule has 122 valence electrons. The molecule has 0 fully saturated rings. The Morgan fingerprint density at radius 1 is 0.958 bits per heavy atom. The highest BCUT2D eigenvalue weighted by Gasteiger charge is 2.12. The van der Waals surface area contributed by atoms with E-state index in [0.717, 1.165) is 11.3 Å². The van der Waals surface area contributed by atoms with Gasteiger partial charge < -0.3 is 9.73 Å². The lowest BCUT2D eigenvalue weighted by atomic mass is 10.0. The molecule has 3 rings (SSSR count). The summed E-state index contributed by atoms with van der Waals surface area (Å²) in [5.74, 6) is 1.09. The van der Waals surface area contributed by atoms with Gasteiger partial charge in [-0.15, -0.1) is 0 Å². The van der Waals surface area contributed by atoms with E-state index in [4.69, 9.17) is 16.0 Å². The molecule has 0 saturated carbocycles. The van der Waals surface area contributed by atoms with Crippen molar-refractivity contribution in [1.82, 2.24) is 0 Å². The number of furan rings is 1. The maximum atomic E-state index is 12.3. The number of carbonyl (C=O) groups excluding carboxylic acids is 1. The van der Waals surface area contributed by atoms with E-state index in [1.165, 1.54) is 5.56 Å². The molecule has 0 aliphatic rings. The van der Waals surface area contributed by atoms with Crippen LogP contribution in [0.25, 0.3) is 11.3 Å². The van der Waals surface area contributed by atoms with Crippen molar-refractivity contribution in [3.05, 3.63) is 77.0 Å². The summed E-state index contributed by atoms with van der Waals surface area (Å²) in [7, 11) is 0. The summed E-state index contributed by atoms with van der Waals surface area (Å²) in [6, 6.07) is 18.6. The lowest BCUT2D eigenvalue weighted by Gasteiger charge is -2.07. The summed E-state index contributed by atoms with van der Waals surface area (Å²) in [5.41, 5.74) is 2.85. The van der Waals surface area contributed by atoms with Crippen LogP contribution >= 0.6 is 11.6 Å². The molecule has 0 atom stereocenters. The van der Waals surface area contributed by atoms with Crippen LogP contribution in [-0.2, 0) is 0 Å². The summed E-state index contributed by atoms with van der Waals surface area (Å²) >= 11 is 5.88. The molecule has 4 heteroatoms. The number of nitrogens with one attached hydrogen (secondary N) is 1. The van der Waals surface area contributed by atoms with Crippen molar-refractivity contribution in [2.24, 2.45) is 0 Å². The fraction of sp³-hybridized carbons (Fsp3) is 0.150. The Balaban J connectivity index is 1.72. The molecule has 3 nitrogen and oxygen atoms in total. The molecule has 1 heterocycles. The zero-order chi connectivity index (χ0) is 17.1. The standard InChI is InChI=1S/C20H18ClNO2/c1-13(2)14-5-9-17(10-6-14)22-20(23)19-12-11-18(24-19)15-3-7-16(21)8-4-15/h3-13H,1-2H3,(H,22,23). The summed E-state index contributed by atoms with van der Waals surface area (Å²) in [6.07, 6.45) is 0. The number of hydrogen-bond donors (Lipinski definition) is 1. The summed E-state index contributed by atoms with van der Waals surface area (Å²) in [6.45, 7) is 4.27. The molecule has 0 unspecified atom stereocenters. The third-order valence-corrected chi connectivity index (χ3v) is 4.05. The zero-order valence-corrected chi connectivity index (χ0v) is 14.3. The number of rotatable bonds is 4. The topological polar surface area (TPSA) is 42.2 Å². The van der Waals surface area contributed by atoms with Gasteiger partial charge in [-0.2, -0.15) is 0 Å². The Bertz CT molecular complexity index is 833. The van der Waals surface area contributed by atoms with Gasteiger partial charge in [0.2, 0.25) is 0 Å². The van der Waals surface area contributed by atoms with E-state index in [1.54, 1.807) is 24.3 Å².